The molecule has 1 aliphatic heterocycles. The maximum Gasteiger partial charge on any atom is 0.228 e. The molecular weight excluding hydrogens is 300 g/mol. The highest BCUT2D eigenvalue weighted by molar-refractivity contribution is 6.30. The summed E-state index contributed by atoms with van der Waals surface area (Å²) < 4.78 is 0. The highest BCUT2D eigenvalue weighted by atomic mass is 35.5. The van der Waals surface area contributed by atoms with Crippen LogP contribution in [0.5, 0.6) is 0 Å². The van der Waals surface area contributed by atoms with Gasteiger partial charge in [0.2, 0.25) is 11.9 Å². The Morgan fingerprint density at radius 3 is 2.55 bits per heavy atom. The van der Waals surface area contributed by atoms with Gasteiger partial charge in [-0.1, -0.05) is 23.7 Å². The van der Waals surface area contributed by atoms with Gasteiger partial charge in [-0.15, -0.1) is 0 Å². The number of aromatic nitrogens is 3. The molecule has 1 aromatic heterocycles. The number of halogens is 1. The summed E-state index contributed by atoms with van der Waals surface area (Å²) >= 11 is 5.88. The van der Waals surface area contributed by atoms with Crippen molar-refractivity contribution >= 4 is 23.5 Å². The summed E-state index contributed by atoms with van der Waals surface area (Å²) in [5.74, 6) is 1.48. The summed E-state index contributed by atoms with van der Waals surface area (Å²) in [5.41, 5.74) is 6.89. The van der Waals surface area contributed by atoms with Crippen LogP contribution >= 0.6 is 11.6 Å². The van der Waals surface area contributed by atoms with E-state index < -0.39 is 0 Å². The van der Waals surface area contributed by atoms with Crippen molar-refractivity contribution in [1.82, 2.24) is 19.9 Å². The van der Waals surface area contributed by atoms with Crippen LogP contribution in [0.4, 0.5) is 11.9 Å². The fraction of sp³-hybridized carbons (Fsp3) is 0.400. The fourth-order valence-corrected chi connectivity index (χ4v) is 2.64. The van der Waals surface area contributed by atoms with Crippen LogP contribution in [0.25, 0.3) is 0 Å². The maximum absolute atomic E-state index is 5.88. The zero-order valence-corrected chi connectivity index (χ0v) is 13.1. The van der Waals surface area contributed by atoms with Crippen LogP contribution in [0.3, 0.4) is 0 Å². The molecular formula is C15H19ClN6. The van der Waals surface area contributed by atoms with Crippen LogP contribution in [0.2, 0.25) is 5.02 Å². The van der Waals surface area contributed by atoms with Crippen LogP contribution in [-0.2, 0) is 13.1 Å². The molecule has 2 aromatic rings. The fourth-order valence-electron chi connectivity index (χ4n) is 2.51. The highest BCUT2D eigenvalue weighted by Gasteiger charge is 2.14. The minimum absolute atomic E-state index is 0.253. The minimum Gasteiger partial charge on any atom is -0.368 e. The van der Waals surface area contributed by atoms with Crippen molar-refractivity contribution in [2.75, 3.05) is 24.1 Å². The summed E-state index contributed by atoms with van der Waals surface area (Å²) in [6, 6.07) is 7.65. The van der Waals surface area contributed by atoms with Crippen molar-refractivity contribution in [3.05, 3.63) is 40.7 Å². The van der Waals surface area contributed by atoms with Gasteiger partial charge in [0.05, 0.1) is 6.54 Å². The van der Waals surface area contributed by atoms with E-state index in [9.17, 15) is 0 Å². The Hall–Kier alpha value is -1.92. The van der Waals surface area contributed by atoms with E-state index in [0.29, 0.717) is 18.3 Å². The second kappa shape index (κ2) is 6.89. The summed E-state index contributed by atoms with van der Waals surface area (Å²) in [7, 11) is 0. The number of nitrogens with two attached hydrogens (primary N) is 1. The van der Waals surface area contributed by atoms with E-state index in [2.05, 4.69) is 25.2 Å². The molecule has 6 nitrogen and oxygen atoms in total. The monoisotopic (exact) mass is 318 g/mol. The van der Waals surface area contributed by atoms with Gasteiger partial charge in [-0.05, 0) is 43.6 Å². The average molecular weight is 319 g/mol. The number of nitrogen functional groups attached to an aromatic ring is 1. The van der Waals surface area contributed by atoms with Crippen molar-refractivity contribution in [1.29, 1.82) is 0 Å². The second-order valence-corrected chi connectivity index (χ2v) is 5.83. The zero-order chi connectivity index (χ0) is 15.4. The van der Waals surface area contributed by atoms with Crippen LogP contribution in [0.15, 0.2) is 24.3 Å². The number of likely N-dealkylation sites (tertiary alicyclic amines) is 1. The number of benzene rings is 1. The molecule has 3 rings (SSSR count). The standard InChI is InChI=1S/C15H19ClN6/c16-12-5-3-11(4-6-12)9-18-15-20-13(19-14(17)21-15)10-22-7-1-2-8-22/h3-6H,1-2,7-10H2,(H3,17,18,19,20,21). The normalized spacial score (nSPS) is 15.1. The Labute approximate surface area is 134 Å². The lowest BCUT2D eigenvalue weighted by Crippen LogP contribution is -2.21. The maximum atomic E-state index is 5.88. The largest absolute Gasteiger partial charge is 0.368 e. The minimum atomic E-state index is 0.253. The van der Waals surface area contributed by atoms with Crippen molar-refractivity contribution in [3.8, 4) is 0 Å². The van der Waals surface area contributed by atoms with Crippen molar-refractivity contribution in [2.45, 2.75) is 25.9 Å². The Morgan fingerprint density at radius 1 is 1.09 bits per heavy atom. The lowest BCUT2D eigenvalue weighted by molar-refractivity contribution is 0.322. The molecule has 0 saturated carbocycles. The molecule has 1 aliphatic rings. The van der Waals surface area contributed by atoms with E-state index in [4.69, 9.17) is 17.3 Å². The molecule has 0 spiro atoms. The van der Waals surface area contributed by atoms with Crippen molar-refractivity contribution in [3.63, 3.8) is 0 Å². The molecule has 7 heteroatoms. The number of hydrogen-bond donors (Lipinski definition) is 2. The van der Waals surface area contributed by atoms with E-state index in [1.54, 1.807) is 0 Å². The van der Waals surface area contributed by atoms with Crippen LogP contribution < -0.4 is 11.1 Å². The molecule has 0 bridgehead atoms. The third-order valence-electron chi connectivity index (χ3n) is 3.63. The Bertz CT molecular complexity index is 624. The molecule has 116 valence electrons. The van der Waals surface area contributed by atoms with E-state index in [-0.39, 0.29) is 5.95 Å². The third-order valence-corrected chi connectivity index (χ3v) is 3.88. The predicted octanol–water partition coefficient (Wildman–Crippen LogP) is 2.32. The van der Waals surface area contributed by atoms with Gasteiger partial charge in [0.1, 0.15) is 5.82 Å². The molecule has 0 amide bonds. The number of hydrogen-bond acceptors (Lipinski definition) is 6. The SMILES string of the molecule is Nc1nc(CN2CCCC2)nc(NCc2ccc(Cl)cc2)n1. The second-order valence-electron chi connectivity index (χ2n) is 5.40. The van der Waals surface area contributed by atoms with Gasteiger partial charge < -0.3 is 11.1 Å². The average Bonchev–Trinajstić information content (AvgIpc) is 2.99. The first-order chi connectivity index (χ1) is 10.7. The summed E-state index contributed by atoms with van der Waals surface area (Å²) in [6.07, 6.45) is 2.48. The smallest absolute Gasteiger partial charge is 0.228 e. The first-order valence-electron chi connectivity index (χ1n) is 7.40. The van der Waals surface area contributed by atoms with Crippen LogP contribution in [0.1, 0.15) is 24.2 Å². The molecule has 0 unspecified atom stereocenters. The molecule has 1 fully saturated rings. The topological polar surface area (TPSA) is 80.0 Å². The van der Waals surface area contributed by atoms with Gasteiger partial charge in [-0.25, -0.2) is 0 Å². The lowest BCUT2D eigenvalue weighted by Gasteiger charge is -2.14. The molecule has 3 N–H and O–H groups in total. The predicted molar refractivity (Wildman–Crippen MR) is 87.5 cm³/mol. The van der Waals surface area contributed by atoms with Gasteiger partial charge in [0.25, 0.3) is 0 Å². The Morgan fingerprint density at radius 2 is 1.82 bits per heavy atom. The highest BCUT2D eigenvalue weighted by Crippen LogP contribution is 2.13. The molecule has 2 heterocycles. The van der Waals surface area contributed by atoms with E-state index in [1.165, 1.54) is 12.8 Å². The number of nitrogens with one attached hydrogen (secondary N) is 1. The Balaban J connectivity index is 1.65. The summed E-state index contributed by atoms with van der Waals surface area (Å²) in [4.78, 5) is 15.1. The summed E-state index contributed by atoms with van der Waals surface area (Å²) in [5, 5.41) is 3.91. The van der Waals surface area contributed by atoms with Crippen molar-refractivity contribution < 1.29 is 0 Å². The van der Waals surface area contributed by atoms with Crippen LogP contribution in [-0.4, -0.2) is 32.9 Å². The first-order valence-corrected chi connectivity index (χ1v) is 7.78. The summed E-state index contributed by atoms with van der Waals surface area (Å²) in [6.45, 7) is 3.53. The molecule has 0 radical (unpaired) electrons. The van der Waals surface area contributed by atoms with Crippen LogP contribution in [0, 0.1) is 0 Å². The zero-order valence-electron chi connectivity index (χ0n) is 12.3. The first kappa shape index (κ1) is 15.0. The van der Waals surface area contributed by atoms with Crippen molar-refractivity contribution in [2.24, 2.45) is 0 Å². The van der Waals surface area contributed by atoms with E-state index in [1.807, 2.05) is 24.3 Å². The molecule has 22 heavy (non-hydrogen) atoms. The van der Waals surface area contributed by atoms with Gasteiger partial charge in [0, 0.05) is 11.6 Å². The van der Waals surface area contributed by atoms with Gasteiger partial charge in [0.15, 0.2) is 0 Å². The number of nitrogens with zero attached hydrogens (tertiary/aromatic N) is 4. The number of anilines is 2. The van der Waals surface area contributed by atoms with E-state index >= 15 is 0 Å². The molecule has 1 saturated heterocycles. The lowest BCUT2D eigenvalue weighted by atomic mass is 10.2. The molecule has 0 aliphatic carbocycles. The number of rotatable bonds is 5. The van der Waals surface area contributed by atoms with Gasteiger partial charge in [-0.2, -0.15) is 15.0 Å². The van der Waals surface area contributed by atoms with Gasteiger partial charge >= 0.3 is 0 Å². The molecule has 0 atom stereocenters. The molecule has 1 aromatic carbocycles. The quantitative estimate of drug-likeness (QED) is 0.880. The Kier molecular flexibility index (Phi) is 4.70. The van der Waals surface area contributed by atoms with E-state index in [0.717, 1.165) is 30.2 Å². The van der Waals surface area contributed by atoms with Gasteiger partial charge in [-0.3, -0.25) is 4.90 Å². The third kappa shape index (κ3) is 4.05.